The van der Waals surface area contributed by atoms with Crippen LogP contribution in [-0.2, 0) is 23.9 Å². The summed E-state index contributed by atoms with van der Waals surface area (Å²) in [7, 11) is 0. The lowest BCUT2D eigenvalue weighted by Crippen LogP contribution is -2.45. The van der Waals surface area contributed by atoms with Crippen molar-refractivity contribution in [3.63, 3.8) is 0 Å². The van der Waals surface area contributed by atoms with Gasteiger partial charge in [-0.1, -0.05) is 48.5 Å². The average molecular weight is 440 g/mol. The zero-order chi connectivity index (χ0) is 23.5. The number of carboxylic acids is 1. The van der Waals surface area contributed by atoms with Gasteiger partial charge in [0.05, 0.1) is 0 Å². The number of ether oxygens (including phenoxy) is 2. The molecule has 7 heteroatoms. The Hall–Kier alpha value is -3.19. The first-order chi connectivity index (χ1) is 15.1. The fourth-order valence-electron chi connectivity index (χ4n) is 3.96. The first kappa shape index (κ1) is 23.5. The van der Waals surface area contributed by atoms with E-state index in [9.17, 15) is 14.4 Å². The lowest BCUT2D eigenvalue weighted by Gasteiger charge is -2.26. The molecule has 0 fully saturated rings. The lowest BCUT2D eigenvalue weighted by molar-refractivity contribution is -0.170. The van der Waals surface area contributed by atoms with Crippen molar-refractivity contribution in [1.29, 1.82) is 0 Å². The zero-order valence-corrected chi connectivity index (χ0v) is 18.5. The molecule has 3 N–H and O–H groups in total. The van der Waals surface area contributed by atoms with Gasteiger partial charge in [0.1, 0.15) is 12.2 Å². The Morgan fingerprint density at radius 3 is 2.00 bits per heavy atom. The number of carbonyl (C=O) groups is 3. The van der Waals surface area contributed by atoms with Crippen molar-refractivity contribution in [3.8, 4) is 11.1 Å². The SMILES string of the molecule is CC(C)(C)OC(=O)[C@@H](C(=O)OCC1c2ccccc2-c2ccccc21)C(N)CCC(=O)O. The maximum atomic E-state index is 13.0. The molecule has 0 bridgehead atoms. The van der Waals surface area contributed by atoms with Crippen LogP contribution in [0.15, 0.2) is 48.5 Å². The molecule has 170 valence electrons. The van der Waals surface area contributed by atoms with E-state index in [1.807, 2.05) is 48.5 Å². The Morgan fingerprint density at radius 1 is 0.969 bits per heavy atom. The van der Waals surface area contributed by atoms with Crippen LogP contribution in [-0.4, -0.2) is 41.3 Å². The molecule has 2 aromatic rings. The highest BCUT2D eigenvalue weighted by molar-refractivity contribution is 5.96. The molecule has 0 spiro atoms. The minimum atomic E-state index is -1.40. The summed E-state index contributed by atoms with van der Waals surface area (Å²) in [4.78, 5) is 36.7. The van der Waals surface area contributed by atoms with Crippen molar-refractivity contribution in [2.45, 2.75) is 51.2 Å². The largest absolute Gasteiger partial charge is 0.481 e. The van der Waals surface area contributed by atoms with E-state index in [1.54, 1.807) is 20.8 Å². The first-order valence-electron chi connectivity index (χ1n) is 10.6. The number of rotatable bonds is 8. The van der Waals surface area contributed by atoms with E-state index in [0.717, 1.165) is 22.3 Å². The van der Waals surface area contributed by atoms with Crippen molar-refractivity contribution in [2.75, 3.05) is 6.61 Å². The van der Waals surface area contributed by atoms with E-state index < -0.39 is 35.5 Å². The molecule has 3 rings (SSSR count). The highest BCUT2D eigenvalue weighted by atomic mass is 16.6. The summed E-state index contributed by atoms with van der Waals surface area (Å²) >= 11 is 0. The van der Waals surface area contributed by atoms with E-state index in [1.165, 1.54) is 0 Å². The van der Waals surface area contributed by atoms with Crippen molar-refractivity contribution >= 4 is 17.9 Å². The summed E-state index contributed by atoms with van der Waals surface area (Å²) in [5.74, 6) is -4.25. The number of esters is 2. The molecule has 0 saturated heterocycles. The normalized spacial score (nSPS) is 14.8. The molecule has 2 aromatic carbocycles. The van der Waals surface area contributed by atoms with Crippen molar-refractivity contribution < 1.29 is 29.0 Å². The van der Waals surface area contributed by atoms with E-state index in [2.05, 4.69) is 0 Å². The number of fused-ring (bicyclic) bond motifs is 3. The van der Waals surface area contributed by atoms with Gasteiger partial charge < -0.3 is 20.3 Å². The Balaban J connectivity index is 1.79. The summed E-state index contributed by atoms with van der Waals surface area (Å²) in [6.07, 6.45) is -0.319. The van der Waals surface area contributed by atoms with E-state index >= 15 is 0 Å². The van der Waals surface area contributed by atoms with Gasteiger partial charge in [-0.3, -0.25) is 14.4 Å². The van der Waals surface area contributed by atoms with Crippen LogP contribution < -0.4 is 5.73 Å². The fourth-order valence-corrected chi connectivity index (χ4v) is 3.96. The second-order valence-corrected chi connectivity index (χ2v) is 8.96. The van der Waals surface area contributed by atoms with E-state index in [0.29, 0.717) is 0 Å². The van der Waals surface area contributed by atoms with E-state index in [-0.39, 0.29) is 25.4 Å². The van der Waals surface area contributed by atoms with Gasteiger partial charge in [0.15, 0.2) is 5.92 Å². The van der Waals surface area contributed by atoms with Gasteiger partial charge in [0.25, 0.3) is 0 Å². The molecule has 1 aliphatic carbocycles. The number of aliphatic carboxylic acids is 1. The van der Waals surface area contributed by atoms with Gasteiger partial charge in [-0.05, 0) is 49.4 Å². The Morgan fingerprint density at radius 2 is 1.50 bits per heavy atom. The lowest BCUT2D eigenvalue weighted by atomic mass is 9.95. The highest BCUT2D eigenvalue weighted by Gasteiger charge is 2.39. The van der Waals surface area contributed by atoms with Gasteiger partial charge in [0, 0.05) is 18.4 Å². The molecule has 0 radical (unpaired) electrons. The number of hydrogen-bond acceptors (Lipinski definition) is 6. The average Bonchev–Trinajstić information content (AvgIpc) is 3.03. The highest BCUT2D eigenvalue weighted by Crippen LogP contribution is 2.44. The molecule has 0 aromatic heterocycles. The maximum Gasteiger partial charge on any atom is 0.322 e. The summed E-state index contributed by atoms with van der Waals surface area (Å²) in [6.45, 7) is 5.09. The predicted molar refractivity (Wildman–Crippen MR) is 119 cm³/mol. The van der Waals surface area contributed by atoms with E-state index in [4.69, 9.17) is 20.3 Å². The second kappa shape index (κ2) is 9.53. The molecule has 2 atom stereocenters. The van der Waals surface area contributed by atoms with Gasteiger partial charge in [0.2, 0.25) is 0 Å². The Bertz CT molecular complexity index is 964. The minimum absolute atomic E-state index is 0.0395. The summed E-state index contributed by atoms with van der Waals surface area (Å²) in [6, 6.07) is 14.8. The zero-order valence-electron chi connectivity index (χ0n) is 18.5. The molecule has 0 saturated carbocycles. The minimum Gasteiger partial charge on any atom is -0.481 e. The topological polar surface area (TPSA) is 116 Å². The van der Waals surface area contributed by atoms with Crippen LogP contribution in [0.25, 0.3) is 11.1 Å². The molecule has 0 aliphatic heterocycles. The number of nitrogens with two attached hydrogens (primary N) is 1. The number of carboxylic acid groups (broad SMARTS) is 1. The smallest absolute Gasteiger partial charge is 0.322 e. The van der Waals surface area contributed by atoms with Crippen LogP contribution >= 0.6 is 0 Å². The number of hydrogen-bond donors (Lipinski definition) is 2. The standard InChI is InChI=1S/C25H29NO6/c1-25(2,3)32-24(30)22(20(26)12-13-21(27)28)23(29)31-14-19-17-10-6-4-8-15(17)16-9-5-7-11-18(16)19/h4-11,19-20,22H,12-14,26H2,1-3H3,(H,27,28)/t20?,22-/m1/s1. The predicted octanol–water partition coefficient (Wildman–Crippen LogP) is 3.49. The van der Waals surface area contributed by atoms with Gasteiger partial charge in [-0.25, -0.2) is 0 Å². The summed E-state index contributed by atoms with van der Waals surface area (Å²) in [5, 5.41) is 8.95. The van der Waals surface area contributed by atoms with Gasteiger partial charge >= 0.3 is 17.9 Å². The molecule has 0 heterocycles. The molecule has 7 nitrogen and oxygen atoms in total. The van der Waals surface area contributed by atoms with Crippen LogP contribution in [0.2, 0.25) is 0 Å². The number of carbonyl (C=O) groups excluding carboxylic acids is 2. The quantitative estimate of drug-likeness (QED) is 0.478. The second-order valence-electron chi connectivity index (χ2n) is 8.96. The number of benzene rings is 2. The first-order valence-corrected chi connectivity index (χ1v) is 10.6. The van der Waals surface area contributed by atoms with Gasteiger partial charge in [-0.2, -0.15) is 0 Å². The fraction of sp³-hybridized carbons (Fsp3) is 0.400. The monoisotopic (exact) mass is 439 g/mol. The maximum absolute atomic E-state index is 13.0. The molecule has 32 heavy (non-hydrogen) atoms. The van der Waals surface area contributed by atoms with Crippen molar-refractivity contribution in [3.05, 3.63) is 59.7 Å². The Labute approximate surface area is 187 Å². The van der Waals surface area contributed by atoms with Crippen LogP contribution in [0, 0.1) is 5.92 Å². The van der Waals surface area contributed by atoms with Crippen LogP contribution in [0.5, 0.6) is 0 Å². The van der Waals surface area contributed by atoms with Crippen molar-refractivity contribution in [2.24, 2.45) is 11.7 Å². The molecule has 0 amide bonds. The van der Waals surface area contributed by atoms with Gasteiger partial charge in [-0.15, -0.1) is 0 Å². The van der Waals surface area contributed by atoms with Crippen molar-refractivity contribution in [1.82, 2.24) is 0 Å². The van der Waals surface area contributed by atoms with Crippen LogP contribution in [0.1, 0.15) is 50.7 Å². The molecule has 1 aliphatic rings. The third-order valence-electron chi connectivity index (χ3n) is 5.39. The molecule has 1 unspecified atom stereocenters. The van der Waals surface area contributed by atoms with Crippen LogP contribution in [0.3, 0.4) is 0 Å². The molecular formula is C25H29NO6. The van der Waals surface area contributed by atoms with Crippen LogP contribution in [0.4, 0.5) is 0 Å². The summed E-state index contributed by atoms with van der Waals surface area (Å²) in [5.41, 5.74) is 9.50. The summed E-state index contributed by atoms with van der Waals surface area (Å²) < 4.78 is 11.0. The third-order valence-corrected chi connectivity index (χ3v) is 5.39. The molecular weight excluding hydrogens is 410 g/mol. The Kier molecular flexibility index (Phi) is 6.99. The third kappa shape index (κ3) is 5.34.